The standard InChI is InChI=1S/C58H68N10O8/c59-27-13-12-22-47-53(69)65-49(30-39-23-25-43(26-24-39)75-37-40-16-6-2-7-17-40)55(71)66-50(31-38-14-4-1-5-15-38)57(73)68-36-44(76-58(74)61-29-28-60)33-52(68)56(72)67-51(41-18-8-3-9-19-41)35-63-48(54(70)64-47)32-42-34-62-46-21-11-10-20-45(42)46/h1-11,14-21,23-26,34,44,47-52,62-63H,12-13,22,27-33,35-37,59-60H2,(H,61,74)(H,64,70)(H,65,69)(H,66,71)(H,67,72)/t44?,47-,48?,49-,50-,51+,52+/m1/s1. The Hall–Kier alpha value is -8.06. The molecule has 0 spiro atoms. The molecule has 8 rings (SSSR count). The Morgan fingerprint density at radius 2 is 1.24 bits per heavy atom. The molecule has 6 aromatic rings. The van der Waals surface area contributed by atoms with Crippen LogP contribution in [0.2, 0.25) is 0 Å². The van der Waals surface area contributed by atoms with Crippen molar-refractivity contribution in [2.45, 2.75) is 93.9 Å². The largest absolute Gasteiger partial charge is 0.489 e. The summed E-state index contributed by atoms with van der Waals surface area (Å²) in [6.45, 7) is 0.895. The lowest BCUT2D eigenvalue weighted by atomic mass is 10.00. The van der Waals surface area contributed by atoms with Gasteiger partial charge < -0.3 is 62.7 Å². The first-order chi connectivity index (χ1) is 37.0. The van der Waals surface area contributed by atoms with Crippen LogP contribution >= 0.6 is 0 Å². The zero-order valence-electron chi connectivity index (χ0n) is 42.5. The Labute approximate surface area is 442 Å². The van der Waals surface area contributed by atoms with E-state index in [1.807, 2.05) is 121 Å². The summed E-state index contributed by atoms with van der Waals surface area (Å²) in [4.78, 5) is 92.7. The van der Waals surface area contributed by atoms with Gasteiger partial charge in [-0.2, -0.15) is 0 Å². The highest BCUT2D eigenvalue weighted by molar-refractivity contribution is 5.97. The lowest BCUT2D eigenvalue weighted by molar-refractivity contribution is -0.142. The fourth-order valence-corrected chi connectivity index (χ4v) is 9.72. The van der Waals surface area contributed by atoms with Crippen molar-refractivity contribution >= 4 is 46.5 Å². The third-order valence-electron chi connectivity index (χ3n) is 13.8. The molecule has 3 heterocycles. The minimum absolute atomic E-state index is 0.0129. The zero-order valence-corrected chi connectivity index (χ0v) is 42.5. The number of nitrogens with zero attached hydrogens (tertiary/aromatic N) is 1. The molecule has 0 bridgehead atoms. The summed E-state index contributed by atoms with van der Waals surface area (Å²) in [5.41, 5.74) is 16.4. The van der Waals surface area contributed by atoms with Crippen molar-refractivity contribution in [1.82, 2.24) is 41.8 Å². The van der Waals surface area contributed by atoms with Crippen molar-refractivity contribution < 1.29 is 38.2 Å². The van der Waals surface area contributed by atoms with E-state index in [-0.39, 0.29) is 58.3 Å². The number of hydrogen-bond donors (Lipinski definition) is 9. The van der Waals surface area contributed by atoms with Gasteiger partial charge in [-0.15, -0.1) is 0 Å². The van der Waals surface area contributed by atoms with Gasteiger partial charge in [0.1, 0.15) is 42.6 Å². The predicted molar refractivity (Wildman–Crippen MR) is 288 cm³/mol. The minimum atomic E-state index is -1.27. The molecule has 76 heavy (non-hydrogen) atoms. The van der Waals surface area contributed by atoms with Gasteiger partial charge in [-0.3, -0.25) is 24.0 Å². The summed E-state index contributed by atoms with van der Waals surface area (Å²) in [6.07, 6.45) is 1.57. The second-order valence-corrected chi connectivity index (χ2v) is 19.3. The number of carbonyl (C=O) groups is 6. The average molecular weight is 1030 g/mol. The van der Waals surface area contributed by atoms with Crippen LogP contribution in [0.4, 0.5) is 4.79 Å². The summed E-state index contributed by atoms with van der Waals surface area (Å²) in [6, 6.07) is 36.5. The number of hydrogen-bond acceptors (Lipinski definition) is 11. The third kappa shape index (κ3) is 14.8. The van der Waals surface area contributed by atoms with Crippen molar-refractivity contribution in [3.8, 4) is 5.75 Å². The number of alkyl carbamates (subject to hydrolysis) is 1. The molecule has 18 nitrogen and oxygen atoms in total. The van der Waals surface area contributed by atoms with Crippen molar-refractivity contribution in [3.63, 3.8) is 0 Å². The first-order valence-electron chi connectivity index (χ1n) is 26.0. The molecular formula is C58H68N10O8. The molecule has 6 amide bonds. The summed E-state index contributed by atoms with van der Waals surface area (Å²) < 4.78 is 11.8. The maximum absolute atomic E-state index is 15.3. The number of fused-ring (bicyclic) bond motifs is 2. The topological polar surface area (TPSA) is 264 Å². The molecule has 0 aliphatic carbocycles. The molecule has 0 radical (unpaired) electrons. The average Bonchev–Trinajstić information content (AvgIpc) is 4.08. The van der Waals surface area contributed by atoms with Crippen molar-refractivity contribution in [2.75, 3.05) is 32.7 Å². The summed E-state index contributed by atoms with van der Waals surface area (Å²) in [5, 5.41) is 19.1. The Morgan fingerprint density at radius 3 is 1.96 bits per heavy atom. The van der Waals surface area contributed by atoms with E-state index in [9.17, 15) is 19.2 Å². The van der Waals surface area contributed by atoms with E-state index < -0.39 is 78.0 Å². The lowest BCUT2D eigenvalue weighted by Gasteiger charge is -2.32. The van der Waals surface area contributed by atoms with E-state index in [1.54, 1.807) is 24.3 Å². The van der Waals surface area contributed by atoms with Gasteiger partial charge in [-0.25, -0.2) is 4.79 Å². The zero-order chi connectivity index (χ0) is 53.2. The van der Waals surface area contributed by atoms with Crippen LogP contribution in [0, 0.1) is 0 Å². The normalized spacial score (nSPS) is 21.8. The summed E-state index contributed by atoms with van der Waals surface area (Å²) >= 11 is 0. The number of ether oxygens (including phenoxy) is 2. The second-order valence-electron chi connectivity index (χ2n) is 19.3. The van der Waals surface area contributed by atoms with E-state index >= 15 is 9.59 Å². The van der Waals surface area contributed by atoms with Gasteiger partial charge in [0, 0.05) is 56.0 Å². The quantitative estimate of drug-likeness (QED) is 0.0593. The maximum atomic E-state index is 15.3. The van der Waals surface area contributed by atoms with E-state index in [0.29, 0.717) is 48.4 Å². The number of unbranched alkanes of at least 4 members (excludes halogenated alkanes) is 1. The molecule has 2 unspecified atom stereocenters. The van der Waals surface area contributed by atoms with Crippen LogP contribution in [-0.2, 0) is 54.6 Å². The Bertz CT molecular complexity index is 2870. The highest BCUT2D eigenvalue weighted by Gasteiger charge is 2.45. The third-order valence-corrected chi connectivity index (χ3v) is 13.8. The summed E-state index contributed by atoms with van der Waals surface area (Å²) in [7, 11) is 0. The van der Waals surface area contributed by atoms with Crippen LogP contribution in [-0.4, -0.2) is 115 Å². The van der Waals surface area contributed by atoms with Crippen molar-refractivity contribution in [3.05, 3.63) is 174 Å². The van der Waals surface area contributed by atoms with Crippen molar-refractivity contribution in [2.24, 2.45) is 11.5 Å². The molecule has 5 aromatic carbocycles. The smallest absolute Gasteiger partial charge is 0.407 e. The Kier molecular flexibility index (Phi) is 19.2. The summed E-state index contributed by atoms with van der Waals surface area (Å²) in [5.74, 6) is -2.31. The SMILES string of the molecule is NCCCC[C@H]1NC(=O)C(Cc2c[nH]c3ccccc23)NC[C@@H](c2ccccc2)NC(=O)[C@@H]2CC(OC(=O)NCCN)CN2C(=O)[C@@H](Cc2ccccc2)NC(=O)[C@@H](Cc2ccc(OCc3ccccc3)cc2)NC1=O. The molecular weight excluding hydrogens is 965 g/mol. The minimum Gasteiger partial charge on any atom is -0.489 e. The molecule has 2 aliphatic rings. The number of nitrogens with two attached hydrogens (primary N) is 2. The number of carbonyl (C=O) groups excluding carboxylic acids is 6. The predicted octanol–water partition coefficient (Wildman–Crippen LogP) is 3.84. The number of benzene rings is 5. The van der Waals surface area contributed by atoms with Crippen LogP contribution in [0.1, 0.15) is 59.5 Å². The molecule has 0 saturated carbocycles. The molecule has 2 saturated heterocycles. The van der Waals surface area contributed by atoms with E-state index in [0.717, 1.165) is 22.0 Å². The van der Waals surface area contributed by atoms with Crippen molar-refractivity contribution in [1.29, 1.82) is 0 Å². The van der Waals surface area contributed by atoms with Gasteiger partial charge in [0.05, 0.1) is 18.6 Å². The number of rotatable bonds is 17. The number of para-hydroxylation sites is 1. The number of aromatic nitrogens is 1. The van der Waals surface area contributed by atoms with Gasteiger partial charge in [-0.1, -0.05) is 121 Å². The van der Waals surface area contributed by atoms with Crippen LogP contribution in [0.5, 0.6) is 5.75 Å². The number of H-pyrrole nitrogens is 1. The fourth-order valence-electron chi connectivity index (χ4n) is 9.72. The molecule has 11 N–H and O–H groups in total. The van der Waals surface area contributed by atoms with E-state index in [1.165, 1.54) is 4.90 Å². The first-order valence-corrected chi connectivity index (χ1v) is 26.0. The highest BCUT2D eigenvalue weighted by Crippen LogP contribution is 2.26. The van der Waals surface area contributed by atoms with Gasteiger partial charge >= 0.3 is 6.09 Å². The van der Waals surface area contributed by atoms with E-state index in [4.69, 9.17) is 20.9 Å². The van der Waals surface area contributed by atoms with Crippen LogP contribution in [0.15, 0.2) is 146 Å². The van der Waals surface area contributed by atoms with Gasteiger partial charge in [-0.05, 0) is 78.2 Å². The fraction of sp³-hybridized carbons (Fsp3) is 0.345. The molecule has 2 fully saturated rings. The molecule has 18 heteroatoms. The number of aromatic amines is 1. The first kappa shape index (κ1) is 54.2. The van der Waals surface area contributed by atoms with Crippen LogP contribution in [0.25, 0.3) is 10.9 Å². The van der Waals surface area contributed by atoms with Gasteiger partial charge in [0.15, 0.2) is 0 Å². The molecule has 1 aromatic heterocycles. The molecule has 398 valence electrons. The molecule has 7 atom stereocenters. The Balaban J connectivity index is 1.17. The Morgan fingerprint density at radius 1 is 0.618 bits per heavy atom. The molecule has 2 aliphatic heterocycles. The maximum Gasteiger partial charge on any atom is 0.407 e. The van der Waals surface area contributed by atoms with Crippen LogP contribution in [0.3, 0.4) is 0 Å². The monoisotopic (exact) mass is 1030 g/mol. The second kappa shape index (κ2) is 26.9. The van der Waals surface area contributed by atoms with Gasteiger partial charge in [0.2, 0.25) is 29.5 Å². The van der Waals surface area contributed by atoms with E-state index in [2.05, 4.69) is 36.9 Å². The van der Waals surface area contributed by atoms with Gasteiger partial charge in [0.25, 0.3) is 0 Å². The number of nitrogens with one attached hydrogen (secondary N) is 7. The highest BCUT2D eigenvalue weighted by atomic mass is 16.6. The lowest BCUT2D eigenvalue weighted by Crippen LogP contribution is -2.60. The number of amides is 6. The van der Waals surface area contributed by atoms with Crippen LogP contribution < -0.4 is 48.1 Å².